The molecule has 0 aliphatic heterocycles. The van der Waals surface area contributed by atoms with Gasteiger partial charge in [-0.3, -0.25) is 0 Å². The molecule has 0 spiro atoms. The molecule has 1 fully saturated rings. The maximum atomic E-state index is 10.6. The lowest BCUT2D eigenvalue weighted by Gasteiger charge is -2.17. The van der Waals surface area contributed by atoms with Crippen molar-refractivity contribution in [3.8, 4) is 5.75 Å². The summed E-state index contributed by atoms with van der Waals surface area (Å²) in [6, 6.07) is 5.79. The molecular formula is C15H18O3. The number of hydrogen-bond donors (Lipinski definition) is 1. The van der Waals surface area contributed by atoms with Gasteiger partial charge in [0.2, 0.25) is 0 Å². The third kappa shape index (κ3) is 3.13. The first kappa shape index (κ1) is 12.7. The first-order chi connectivity index (χ1) is 8.66. The van der Waals surface area contributed by atoms with Crippen LogP contribution in [0, 0.1) is 6.92 Å². The molecule has 1 aliphatic rings. The second kappa shape index (κ2) is 5.71. The van der Waals surface area contributed by atoms with Crippen molar-refractivity contribution < 1.29 is 14.6 Å². The molecule has 0 aromatic heterocycles. The number of aliphatic carboxylic acids is 1. The van der Waals surface area contributed by atoms with E-state index < -0.39 is 5.97 Å². The molecule has 3 nitrogen and oxygen atoms in total. The number of carbonyl (C=O) groups is 1. The maximum absolute atomic E-state index is 10.6. The molecule has 1 aliphatic carbocycles. The fourth-order valence-corrected chi connectivity index (χ4v) is 2.30. The van der Waals surface area contributed by atoms with Crippen LogP contribution in [-0.4, -0.2) is 17.2 Å². The van der Waals surface area contributed by atoms with Crippen molar-refractivity contribution >= 4 is 12.0 Å². The highest BCUT2D eigenvalue weighted by Gasteiger charge is 2.18. The van der Waals surface area contributed by atoms with Crippen LogP contribution >= 0.6 is 0 Å². The lowest BCUT2D eigenvalue weighted by molar-refractivity contribution is -0.131. The van der Waals surface area contributed by atoms with Crippen LogP contribution < -0.4 is 4.74 Å². The van der Waals surface area contributed by atoms with Gasteiger partial charge in [-0.25, -0.2) is 4.79 Å². The second-order valence-corrected chi connectivity index (χ2v) is 4.69. The number of benzene rings is 1. The van der Waals surface area contributed by atoms with E-state index in [0.717, 1.165) is 35.8 Å². The largest absolute Gasteiger partial charge is 0.490 e. The fraction of sp³-hybridized carbons (Fsp3) is 0.400. The van der Waals surface area contributed by atoms with Gasteiger partial charge < -0.3 is 9.84 Å². The predicted octanol–water partition coefficient (Wildman–Crippen LogP) is 3.41. The summed E-state index contributed by atoms with van der Waals surface area (Å²) < 4.78 is 6.03. The van der Waals surface area contributed by atoms with E-state index in [2.05, 4.69) is 0 Å². The van der Waals surface area contributed by atoms with Crippen LogP contribution in [0.1, 0.15) is 36.8 Å². The highest BCUT2D eigenvalue weighted by atomic mass is 16.5. The Hall–Kier alpha value is -1.77. The summed E-state index contributed by atoms with van der Waals surface area (Å²) in [7, 11) is 0. The molecule has 2 rings (SSSR count). The number of ether oxygens (including phenoxy) is 1. The molecule has 0 saturated heterocycles. The Kier molecular flexibility index (Phi) is 4.03. The molecule has 0 atom stereocenters. The van der Waals surface area contributed by atoms with E-state index in [0.29, 0.717) is 0 Å². The van der Waals surface area contributed by atoms with Crippen LogP contribution in [0.3, 0.4) is 0 Å². The van der Waals surface area contributed by atoms with Gasteiger partial charge >= 0.3 is 5.97 Å². The van der Waals surface area contributed by atoms with Gasteiger partial charge in [-0.1, -0.05) is 18.2 Å². The van der Waals surface area contributed by atoms with Crippen LogP contribution in [-0.2, 0) is 4.79 Å². The second-order valence-electron chi connectivity index (χ2n) is 4.69. The average molecular weight is 246 g/mol. The number of para-hydroxylation sites is 1. The summed E-state index contributed by atoms with van der Waals surface area (Å²) >= 11 is 0. The fourth-order valence-electron chi connectivity index (χ4n) is 2.30. The first-order valence-corrected chi connectivity index (χ1v) is 6.34. The Balaban J connectivity index is 2.22. The van der Waals surface area contributed by atoms with E-state index in [1.54, 1.807) is 6.08 Å². The van der Waals surface area contributed by atoms with Gasteiger partial charge in [0.15, 0.2) is 0 Å². The van der Waals surface area contributed by atoms with Gasteiger partial charge in [-0.15, -0.1) is 0 Å². The molecule has 1 N–H and O–H groups in total. The topological polar surface area (TPSA) is 46.5 Å². The van der Waals surface area contributed by atoms with Crippen LogP contribution in [0.25, 0.3) is 6.08 Å². The van der Waals surface area contributed by atoms with Gasteiger partial charge in [0.25, 0.3) is 0 Å². The van der Waals surface area contributed by atoms with E-state index in [-0.39, 0.29) is 6.10 Å². The van der Waals surface area contributed by atoms with Gasteiger partial charge in [0.05, 0.1) is 6.10 Å². The highest BCUT2D eigenvalue weighted by Crippen LogP contribution is 2.30. The van der Waals surface area contributed by atoms with Crippen molar-refractivity contribution in [2.24, 2.45) is 0 Å². The zero-order chi connectivity index (χ0) is 13.0. The first-order valence-electron chi connectivity index (χ1n) is 6.34. The van der Waals surface area contributed by atoms with Crippen molar-refractivity contribution in [2.45, 2.75) is 38.7 Å². The van der Waals surface area contributed by atoms with Crippen LogP contribution in [0.15, 0.2) is 24.3 Å². The van der Waals surface area contributed by atoms with E-state index in [1.807, 2.05) is 25.1 Å². The highest BCUT2D eigenvalue weighted by molar-refractivity contribution is 5.86. The number of hydrogen-bond acceptors (Lipinski definition) is 2. The molecule has 0 bridgehead atoms. The van der Waals surface area contributed by atoms with Crippen LogP contribution in [0.4, 0.5) is 0 Å². The summed E-state index contributed by atoms with van der Waals surface area (Å²) in [6.07, 6.45) is 7.65. The minimum Gasteiger partial charge on any atom is -0.490 e. The molecule has 1 saturated carbocycles. The van der Waals surface area contributed by atoms with Crippen LogP contribution in [0.5, 0.6) is 5.75 Å². The van der Waals surface area contributed by atoms with E-state index >= 15 is 0 Å². The molecule has 0 unspecified atom stereocenters. The summed E-state index contributed by atoms with van der Waals surface area (Å²) in [4.78, 5) is 10.6. The number of aryl methyl sites for hydroxylation is 1. The Morgan fingerprint density at radius 1 is 1.39 bits per heavy atom. The molecule has 0 heterocycles. The van der Waals surface area contributed by atoms with Crippen molar-refractivity contribution in [1.82, 2.24) is 0 Å². The quantitative estimate of drug-likeness (QED) is 0.828. The summed E-state index contributed by atoms with van der Waals surface area (Å²) in [6.45, 7) is 1.99. The Bertz CT molecular complexity index is 457. The van der Waals surface area contributed by atoms with E-state index in [9.17, 15) is 4.79 Å². The molecule has 1 aromatic carbocycles. The minimum absolute atomic E-state index is 0.281. The molecule has 0 amide bonds. The maximum Gasteiger partial charge on any atom is 0.328 e. The SMILES string of the molecule is Cc1cccc(/C=C/C(=O)O)c1OC1CCCC1. The normalized spacial score (nSPS) is 16.3. The van der Waals surface area contributed by atoms with Crippen molar-refractivity contribution in [1.29, 1.82) is 0 Å². The third-order valence-electron chi connectivity index (χ3n) is 3.23. The van der Waals surface area contributed by atoms with Gasteiger partial charge in [-0.2, -0.15) is 0 Å². The molecule has 96 valence electrons. The molecule has 1 aromatic rings. The molecule has 0 radical (unpaired) electrons. The Labute approximate surface area is 107 Å². The standard InChI is InChI=1S/C15H18O3/c1-11-5-4-6-12(9-10-14(16)17)15(11)18-13-7-2-3-8-13/h4-6,9-10,13H,2-3,7-8H2,1H3,(H,16,17)/b10-9+. The zero-order valence-corrected chi connectivity index (χ0v) is 10.6. The molecule has 18 heavy (non-hydrogen) atoms. The number of rotatable bonds is 4. The Morgan fingerprint density at radius 2 is 2.11 bits per heavy atom. The summed E-state index contributed by atoms with van der Waals surface area (Å²) in [5.41, 5.74) is 1.89. The minimum atomic E-state index is -0.941. The lowest BCUT2D eigenvalue weighted by atomic mass is 10.1. The van der Waals surface area contributed by atoms with Gasteiger partial charge in [0, 0.05) is 11.6 Å². The molecular weight excluding hydrogens is 228 g/mol. The monoisotopic (exact) mass is 246 g/mol. The van der Waals surface area contributed by atoms with Crippen LogP contribution in [0.2, 0.25) is 0 Å². The van der Waals surface area contributed by atoms with E-state index in [4.69, 9.17) is 9.84 Å². The van der Waals surface area contributed by atoms with Crippen molar-refractivity contribution in [3.63, 3.8) is 0 Å². The molecule has 3 heteroatoms. The summed E-state index contributed by atoms with van der Waals surface area (Å²) in [5.74, 6) is -0.120. The van der Waals surface area contributed by atoms with Crippen molar-refractivity contribution in [3.05, 3.63) is 35.4 Å². The smallest absolute Gasteiger partial charge is 0.328 e. The van der Waals surface area contributed by atoms with E-state index in [1.165, 1.54) is 12.8 Å². The predicted molar refractivity (Wildman–Crippen MR) is 70.7 cm³/mol. The average Bonchev–Trinajstić information content (AvgIpc) is 2.82. The zero-order valence-electron chi connectivity index (χ0n) is 10.6. The summed E-state index contributed by atoms with van der Waals surface area (Å²) in [5, 5.41) is 8.69. The Morgan fingerprint density at radius 3 is 2.78 bits per heavy atom. The van der Waals surface area contributed by atoms with Gasteiger partial charge in [-0.05, 0) is 44.2 Å². The number of carboxylic acids is 1. The number of carboxylic acid groups (broad SMARTS) is 1. The third-order valence-corrected chi connectivity index (χ3v) is 3.23. The lowest BCUT2D eigenvalue weighted by Crippen LogP contribution is -2.12. The van der Waals surface area contributed by atoms with Crippen molar-refractivity contribution in [2.75, 3.05) is 0 Å². The van der Waals surface area contributed by atoms with Gasteiger partial charge in [0.1, 0.15) is 5.75 Å².